The van der Waals surface area contributed by atoms with Crippen LogP contribution in [0.5, 0.6) is 0 Å². The van der Waals surface area contributed by atoms with E-state index in [1.54, 1.807) is 19.2 Å². The van der Waals surface area contributed by atoms with Crippen molar-refractivity contribution in [3.05, 3.63) is 56.7 Å². The van der Waals surface area contributed by atoms with Crippen LogP contribution in [0, 0.1) is 11.6 Å². The van der Waals surface area contributed by atoms with Crippen molar-refractivity contribution in [1.29, 1.82) is 0 Å². The number of thiophene rings is 1. The zero-order chi connectivity index (χ0) is 20.6. The Labute approximate surface area is 168 Å². The lowest BCUT2D eigenvalue weighted by atomic mass is 9.92. The topological polar surface area (TPSA) is 69.7 Å². The Kier molecular flexibility index (Phi) is 5.40. The fourth-order valence-electron chi connectivity index (χ4n) is 2.86. The number of nitrogens with zero attached hydrogens (tertiary/aromatic N) is 2. The van der Waals surface area contributed by atoms with Gasteiger partial charge in [-0.3, -0.25) is 14.5 Å². The van der Waals surface area contributed by atoms with E-state index in [9.17, 15) is 23.2 Å². The second-order valence-electron chi connectivity index (χ2n) is 6.53. The molecule has 4 amide bonds. The normalized spacial score (nSPS) is 19.1. The number of benzene rings is 1. The summed E-state index contributed by atoms with van der Waals surface area (Å²) in [6, 6.07) is 5.66. The van der Waals surface area contributed by atoms with Gasteiger partial charge in [0.05, 0.1) is 10.9 Å². The third-order valence-electron chi connectivity index (χ3n) is 4.51. The smallest absolute Gasteiger partial charge is 0.325 e. The number of carbonyl (C=O) groups excluding carboxylic acids is 3. The first-order valence-electron chi connectivity index (χ1n) is 8.19. The van der Waals surface area contributed by atoms with Gasteiger partial charge in [-0.05, 0) is 36.8 Å². The summed E-state index contributed by atoms with van der Waals surface area (Å²) in [4.78, 5) is 40.5. The molecule has 1 saturated heterocycles. The molecule has 2 aromatic rings. The van der Waals surface area contributed by atoms with Crippen LogP contribution in [0.25, 0.3) is 0 Å². The van der Waals surface area contributed by atoms with E-state index in [1.807, 2.05) is 0 Å². The van der Waals surface area contributed by atoms with E-state index < -0.39 is 41.6 Å². The van der Waals surface area contributed by atoms with Gasteiger partial charge < -0.3 is 10.2 Å². The van der Waals surface area contributed by atoms with Gasteiger partial charge in [0.2, 0.25) is 5.91 Å². The molecule has 1 atom stereocenters. The number of carbonyl (C=O) groups is 3. The number of nitrogens with one attached hydrogen (secondary N) is 1. The first kappa shape index (κ1) is 20.2. The van der Waals surface area contributed by atoms with E-state index in [4.69, 9.17) is 11.6 Å². The van der Waals surface area contributed by atoms with Crippen LogP contribution in [0.3, 0.4) is 0 Å². The molecule has 0 radical (unpaired) electrons. The maximum Gasteiger partial charge on any atom is 0.325 e. The summed E-state index contributed by atoms with van der Waals surface area (Å²) >= 11 is 7.19. The summed E-state index contributed by atoms with van der Waals surface area (Å²) in [5.41, 5.74) is -1.51. The average Bonchev–Trinajstić information content (AvgIpc) is 3.13. The predicted molar refractivity (Wildman–Crippen MR) is 99.8 cm³/mol. The van der Waals surface area contributed by atoms with Gasteiger partial charge in [-0.1, -0.05) is 17.7 Å². The van der Waals surface area contributed by atoms with Gasteiger partial charge in [-0.25, -0.2) is 13.6 Å². The van der Waals surface area contributed by atoms with Gasteiger partial charge in [-0.2, -0.15) is 0 Å². The molecule has 1 aromatic heterocycles. The first-order valence-corrected chi connectivity index (χ1v) is 9.39. The highest BCUT2D eigenvalue weighted by Gasteiger charge is 2.49. The minimum Gasteiger partial charge on any atom is -0.339 e. The van der Waals surface area contributed by atoms with Crippen LogP contribution in [-0.4, -0.2) is 41.2 Å². The van der Waals surface area contributed by atoms with Crippen LogP contribution in [0.1, 0.15) is 17.4 Å². The van der Waals surface area contributed by atoms with Crippen LogP contribution in [0.2, 0.25) is 4.34 Å². The van der Waals surface area contributed by atoms with E-state index in [1.165, 1.54) is 29.2 Å². The number of rotatable bonds is 5. The van der Waals surface area contributed by atoms with Crippen molar-refractivity contribution in [2.24, 2.45) is 0 Å². The summed E-state index contributed by atoms with van der Waals surface area (Å²) in [7, 11) is 1.54. The lowest BCUT2D eigenvalue weighted by Crippen LogP contribution is -2.43. The molecule has 0 spiro atoms. The molecule has 3 rings (SSSR count). The van der Waals surface area contributed by atoms with Crippen molar-refractivity contribution < 1.29 is 23.2 Å². The molecule has 10 heteroatoms. The van der Waals surface area contributed by atoms with Gasteiger partial charge in [0.1, 0.15) is 12.1 Å². The van der Waals surface area contributed by atoms with Crippen LogP contribution < -0.4 is 5.32 Å². The Morgan fingerprint density at radius 1 is 1.25 bits per heavy atom. The summed E-state index contributed by atoms with van der Waals surface area (Å²) in [6.45, 7) is 1.18. The van der Waals surface area contributed by atoms with E-state index in [0.717, 1.165) is 21.9 Å². The fourth-order valence-corrected chi connectivity index (χ4v) is 4.00. The Morgan fingerprint density at radius 2 is 1.96 bits per heavy atom. The fraction of sp³-hybridized carbons (Fsp3) is 0.278. The molecule has 1 aliphatic heterocycles. The van der Waals surface area contributed by atoms with Crippen molar-refractivity contribution in [2.75, 3.05) is 13.6 Å². The Balaban J connectivity index is 1.74. The van der Waals surface area contributed by atoms with Crippen molar-refractivity contribution >= 4 is 40.8 Å². The van der Waals surface area contributed by atoms with Crippen molar-refractivity contribution in [3.8, 4) is 0 Å². The molecule has 1 aromatic carbocycles. The van der Waals surface area contributed by atoms with Gasteiger partial charge in [0.15, 0.2) is 11.6 Å². The van der Waals surface area contributed by atoms with Crippen molar-refractivity contribution in [1.82, 2.24) is 15.1 Å². The van der Waals surface area contributed by atoms with Crippen LogP contribution in [0.4, 0.5) is 13.6 Å². The number of imide groups is 1. The number of amides is 4. The summed E-state index contributed by atoms with van der Waals surface area (Å²) in [5, 5.41) is 2.45. The van der Waals surface area contributed by atoms with E-state index in [-0.39, 0.29) is 12.1 Å². The van der Waals surface area contributed by atoms with Crippen LogP contribution in [0.15, 0.2) is 30.3 Å². The Morgan fingerprint density at radius 3 is 2.57 bits per heavy atom. The second-order valence-corrected chi connectivity index (χ2v) is 8.33. The molecule has 1 N–H and O–H groups in total. The maximum atomic E-state index is 13.6. The SMILES string of the molecule is CN(Cc1ccc(Cl)s1)C(=O)CN1C(=O)N[C@@](C)(c2ccc(F)c(F)c2)C1=O. The van der Waals surface area contributed by atoms with E-state index in [2.05, 4.69) is 5.32 Å². The van der Waals surface area contributed by atoms with Crippen LogP contribution >= 0.6 is 22.9 Å². The lowest BCUT2D eigenvalue weighted by molar-refractivity contribution is -0.138. The quantitative estimate of drug-likeness (QED) is 0.745. The molecule has 1 fully saturated rings. The Hall–Kier alpha value is -2.52. The second kappa shape index (κ2) is 7.48. The molecular formula is C18H16ClF2N3O3S. The van der Waals surface area contributed by atoms with Crippen molar-refractivity contribution in [2.45, 2.75) is 19.0 Å². The minimum atomic E-state index is -1.59. The molecule has 0 unspecified atom stereocenters. The standard InChI is InChI=1S/C18H16ClF2N3O3S/c1-18(10-3-5-12(20)13(21)7-10)16(26)24(17(27)22-18)9-15(25)23(2)8-11-4-6-14(19)28-11/h3-7H,8-9H2,1-2H3,(H,22,27)/t18-/m0/s1. The third-order valence-corrected chi connectivity index (χ3v) is 5.73. The molecule has 0 saturated carbocycles. The Bertz CT molecular complexity index is 967. The van der Waals surface area contributed by atoms with E-state index >= 15 is 0 Å². The maximum absolute atomic E-state index is 13.6. The number of likely N-dealkylation sites (N-methyl/N-ethyl adjacent to an activating group) is 1. The number of urea groups is 1. The first-order chi connectivity index (χ1) is 13.1. The number of hydrogen-bond acceptors (Lipinski definition) is 4. The molecule has 148 valence electrons. The molecule has 0 bridgehead atoms. The number of halogens is 3. The molecule has 28 heavy (non-hydrogen) atoms. The van der Waals surface area contributed by atoms with Gasteiger partial charge >= 0.3 is 6.03 Å². The molecule has 1 aliphatic rings. The predicted octanol–water partition coefficient (Wildman–Crippen LogP) is 3.11. The molecular weight excluding hydrogens is 412 g/mol. The van der Waals surface area contributed by atoms with Crippen molar-refractivity contribution in [3.63, 3.8) is 0 Å². The number of hydrogen-bond donors (Lipinski definition) is 1. The average molecular weight is 428 g/mol. The molecule has 0 aliphatic carbocycles. The van der Waals surface area contributed by atoms with Gasteiger partial charge in [0, 0.05) is 11.9 Å². The summed E-state index contributed by atoms with van der Waals surface area (Å²) in [6.07, 6.45) is 0. The zero-order valence-electron chi connectivity index (χ0n) is 15.0. The largest absolute Gasteiger partial charge is 0.339 e. The van der Waals surface area contributed by atoms with E-state index in [0.29, 0.717) is 4.34 Å². The highest BCUT2D eigenvalue weighted by Crippen LogP contribution is 2.30. The van der Waals surface area contributed by atoms with Crippen LogP contribution in [-0.2, 0) is 21.7 Å². The zero-order valence-corrected chi connectivity index (χ0v) is 16.5. The minimum absolute atomic E-state index is 0.0845. The summed E-state index contributed by atoms with van der Waals surface area (Å²) < 4.78 is 27.3. The highest BCUT2D eigenvalue weighted by molar-refractivity contribution is 7.16. The highest BCUT2D eigenvalue weighted by atomic mass is 35.5. The molecule has 6 nitrogen and oxygen atoms in total. The van der Waals surface area contributed by atoms with Gasteiger partial charge in [0.25, 0.3) is 5.91 Å². The molecule has 2 heterocycles. The lowest BCUT2D eigenvalue weighted by Gasteiger charge is -2.23. The third kappa shape index (κ3) is 3.72. The summed E-state index contributed by atoms with van der Waals surface area (Å²) in [5.74, 6) is -3.37. The van der Waals surface area contributed by atoms with Gasteiger partial charge in [-0.15, -0.1) is 11.3 Å². The monoisotopic (exact) mass is 427 g/mol.